The first kappa shape index (κ1) is 35.5. The van der Waals surface area contributed by atoms with Crippen molar-refractivity contribution in [3.05, 3.63) is 106 Å². The summed E-state index contributed by atoms with van der Waals surface area (Å²) in [5, 5.41) is 1.49. The number of hydrogen-bond acceptors (Lipinski definition) is 5. The lowest BCUT2D eigenvalue weighted by atomic mass is 10.1. The van der Waals surface area contributed by atoms with E-state index in [1.165, 1.54) is 12.1 Å². The Morgan fingerprint density at radius 1 is 0.929 bits per heavy atom. The molecule has 7 nitrogen and oxygen atoms in total. The Labute approximate surface area is 267 Å². The van der Waals surface area contributed by atoms with E-state index < -0.39 is 0 Å². The van der Waals surface area contributed by atoms with Gasteiger partial charge < -0.3 is 14.9 Å². The van der Waals surface area contributed by atoms with E-state index in [1.807, 2.05) is 61.2 Å². The van der Waals surface area contributed by atoms with Crippen molar-refractivity contribution in [2.24, 2.45) is 0 Å². The Kier molecular flexibility index (Phi) is 13.3. The molecule has 0 aliphatic carbocycles. The van der Waals surface area contributed by atoms with E-state index in [9.17, 15) is 9.18 Å². The first-order valence-electron chi connectivity index (χ1n) is 13.1. The number of likely N-dealkylation sites (tertiary alicyclic amines) is 1. The van der Waals surface area contributed by atoms with Crippen molar-refractivity contribution < 1.29 is 9.87 Å². The highest BCUT2D eigenvalue weighted by atomic mass is 35.5. The van der Waals surface area contributed by atoms with E-state index in [-0.39, 0.29) is 54.1 Å². The van der Waals surface area contributed by atoms with E-state index in [2.05, 4.69) is 26.6 Å². The van der Waals surface area contributed by atoms with Crippen molar-refractivity contribution in [2.45, 2.75) is 43.1 Å². The van der Waals surface area contributed by atoms with Crippen LogP contribution in [0, 0.1) is 12.7 Å². The highest BCUT2D eigenvalue weighted by Gasteiger charge is 2.23. The van der Waals surface area contributed by atoms with E-state index in [0.29, 0.717) is 23.9 Å². The zero-order chi connectivity index (χ0) is 26.1. The van der Waals surface area contributed by atoms with E-state index in [0.717, 1.165) is 65.5 Å². The van der Waals surface area contributed by atoms with Crippen LogP contribution in [0.3, 0.4) is 0 Å². The molecule has 3 aromatic heterocycles. The summed E-state index contributed by atoms with van der Waals surface area (Å²) in [5.74, 6) is -0.220. The van der Waals surface area contributed by atoms with Gasteiger partial charge in [0, 0.05) is 29.2 Å². The summed E-state index contributed by atoms with van der Waals surface area (Å²) in [7, 11) is 0. The second-order valence-electron chi connectivity index (χ2n) is 9.91. The largest absolute Gasteiger partial charge is 0.412 e. The van der Waals surface area contributed by atoms with Gasteiger partial charge in [-0.25, -0.2) is 14.4 Å². The van der Waals surface area contributed by atoms with Gasteiger partial charge in [0.05, 0.1) is 17.6 Å². The highest BCUT2D eigenvalue weighted by Crippen LogP contribution is 2.33. The number of halogens is 4. The van der Waals surface area contributed by atoms with Gasteiger partial charge in [-0.2, -0.15) is 0 Å². The number of nitrogens with zero attached hydrogens (tertiary/aromatic N) is 5. The van der Waals surface area contributed by atoms with Crippen molar-refractivity contribution in [1.29, 1.82) is 0 Å². The van der Waals surface area contributed by atoms with Crippen molar-refractivity contribution in [3.8, 4) is 0 Å². The van der Waals surface area contributed by atoms with Gasteiger partial charge in [0.25, 0.3) is 5.56 Å². The molecule has 226 valence electrons. The van der Waals surface area contributed by atoms with Crippen molar-refractivity contribution in [2.75, 3.05) is 19.6 Å². The summed E-state index contributed by atoms with van der Waals surface area (Å²) >= 11 is 1.85. The molecule has 42 heavy (non-hydrogen) atoms. The minimum Gasteiger partial charge on any atom is -0.412 e. The predicted molar refractivity (Wildman–Crippen MR) is 176 cm³/mol. The molecule has 1 fully saturated rings. The monoisotopic (exact) mass is 653 g/mol. The average molecular weight is 655 g/mol. The molecule has 0 bridgehead atoms. The Bertz CT molecular complexity index is 1660. The van der Waals surface area contributed by atoms with Gasteiger partial charge in [0.15, 0.2) is 5.16 Å². The summed E-state index contributed by atoms with van der Waals surface area (Å²) in [4.78, 5) is 25.0. The first-order valence-corrected chi connectivity index (χ1v) is 14.0. The third kappa shape index (κ3) is 7.64. The second-order valence-corrected chi connectivity index (χ2v) is 11.2. The lowest BCUT2D eigenvalue weighted by Crippen LogP contribution is -2.37. The number of aromatic nitrogens is 4. The summed E-state index contributed by atoms with van der Waals surface area (Å²) in [6.07, 6.45) is 4.64. The maximum atomic E-state index is 13.4. The number of aryl methyl sites for hydroxylation is 1. The smallest absolute Gasteiger partial charge is 0.261 e. The van der Waals surface area contributed by atoms with Crippen LogP contribution in [-0.2, 0) is 13.0 Å². The minimum atomic E-state index is -0.220. The molecule has 0 saturated carbocycles. The quantitative estimate of drug-likeness (QED) is 0.222. The summed E-state index contributed by atoms with van der Waals surface area (Å²) < 4.78 is 17.3. The number of fused-ring (bicyclic) bond motifs is 2. The number of benzene rings is 2. The number of pyridine rings is 1. The van der Waals surface area contributed by atoms with Crippen LogP contribution in [0.2, 0.25) is 0 Å². The third-order valence-electron chi connectivity index (χ3n) is 7.39. The molecule has 0 amide bonds. The molecule has 1 saturated heterocycles. The van der Waals surface area contributed by atoms with E-state index in [4.69, 9.17) is 4.98 Å². The van der Waals surface area contributed by atoms with Crippen LogP contribution < -0.4 is 5.56 Å². The molecule has 0 spiro atoms. The Morgan fingerprint density at radius 2 is 1.62 bits per heavy atom. The summed E-state index contributed by atoms with van der Waals surface area (Å²) in [6, 6.07) is 20.6. The summed E-state index contributed by atoms with van der Waals surface area (Å²) in [6.45, 7) is 5.45. The molecule has 4 heterocycles. The number of imidazole rings is 1. The lowest BCUT2D eigenvalue weighted by molar-refractivity contribution is 0.235. The van der Waals surface area contributed by atoms with Crippen LogP contribution in [0.1, 0.15) is 29.7 Å². The Balaban J connectivity index is 0.00000154. The number of piperidine rings is 1. The van der Waals surface area contributed by atoms with E-state index in [1.54, 1.807) is 10.6 Å². The van der Waals surface area contributed by atoms with Crippen LogP contribution in [0.15, 0.2) is 82.9 Å². The molecule has 0 atom stereocenters. The molecular formula is C30H35Cl3FN5O2S. The maximum absolute atomic E-state index is 13.4. The van der Waals surface area contributed by atoms with Gasteiger partial charge in [-0.15, -0.1) is 37.2 Å². The van der Waals surface area contributed by atoms with Crippen molar-refractivity contribution in [3.63, 3.8) is 0 Å². The van der Waals surface area contributed by atoms with Crippen LogP contribution in [0.25, 0.3) is 16.7 Å². The molecule has 5 aromatic rings. The van der Waals surface area contributed by atoms with Gasteiger partial charge in [-0.3, -0.25) is 9.20 Å². The fraction of sp³-hybridized carbons (Fsp3) is 0.300. The van der Waals surface area contributed by atoms with Gasteiger partial charge in [0.1, 0.15) is 11.5 Å². The maximum Gasteiger partial charge on any atom is 0.261 e. The molecule has 6 rings (SSSR count). The molecular weight excluding hydrogens is 620 g/mol. The zero-order valence-corrected chi connectivity index (χ0v) is 26.4. The van der Waals surface area contributed by atoms with Crippen LogP contribution in [0.4, 0.5) is 4.39 Å². The molecule has 1 aliphatic heterocycles. The highest BCUT2D eigenvalue weighted by molar-refractivity contribution is 7.99. The SMILES string of the molecule is Cc1nc2ccccn2c(=O)c1CCN1CCC(Sc2nc3ccccc3n2Cc2ccc(F)cc2)CC1.Cl.Cl.Cl.O. The molecule has 12 heteroatoms. The average Bonchev–Trinajstić information content (AvgIpc) is 3.27. The zero-order valence-electron chi connectivity index (χ0n) is 23.1. The predicted octanol–water partition coefficient (Wildman–Crippen LogP) is 5.78. The fourth-order valence-electron chi connectivity index (χ4n) is 5.26. The van der Waals surface area contributed by atoms with Crippen LogP contribution >= 0.6 is 49.0 Å². The van der Waals surface area contributed by atoms with Gasteiger partial charge in [-0.1, -0.05) is 42.1 Å². The molecule has 2 aromatic carbocycles. The van der Waals surface area contributed by atoms with Gasteiger partial charge in [-0.05, 0) is 81.2 Å². The van der Waals surface area contributed by atoms with Gasteiger partial charge >= 0.3 is 0 Å². The van der Waals surface area contributed by atoms with E-state index >= 15 is 0 Å². The molecule has 1 aliphatic rings. The number of rotatable bonds is 7. The van der Waals surface area contributed by atoms with Crippen LogP contribution in [0.5, 0.6) is 0 Å². The fourth-order valence-corrected chi connectivity index (χ4v) is 6.45. The molecule has 0 radical (unpaired) electrons. The van der Waals surface area contributed by atoms with Gasteiger partial charge in [0.2, 0.25) is 0 Å². The second kappa shape index (κ2) is 15.7. The normalized spacial score (nSPS) is 13.6. The lowest BCUT2D eigenvalue weighted by Gasteiger charge is -2.31. The topological polar surface area (TPSA) is 86.9 Å². The Morgan fingerprint density at radius 3 is 2.36 bits per heavy atom. The van der Waals surface area contributed by atoms with Crippen molar-refractivity contribution in [1.82, 2.24) is 23.8 Å². The number of thioether (sulfide) groups is 1. The number of hydrogen-bond donors (Lipinski definition) is 0. The molecule has 0 unspecified atom stereocenters. The number of para-hydroxylation sites is 2. The Hall–Kier alpha value is -2.66. The third-order valence-corrected chi connectivity index (χ3v) is 8.72. The first-order chi connectivity index (χ1) is 18.5. The minimum absolute atomic E-state index is 0. The van der Waals surface area contributed by atoms with Crippen LogP contribution in [-0.4, -0.2) is 54.2 Å². The molecule has 2 N–H and O–H groups in total. The van der Waals surface area contributed by atoms with Crippen molar-refractivity contribution >= 4 is 65.7 Å². The standard InChI is InChI=1S/C30H30FN5OS.3ClH.H2O/c1-21-25(29(37)35-16-5-4-8-28(35)32-21)15-19-34-17-13-24(14-18-34)38-30-33-26-6-2-3-7-27(26)36(30)20-22-9-11-23(31)12-10-22;;;;/h2-12,16,24H,13-15,17-20H2,1H3;3*1H;1H2. The summed E-state index contributed by atoms with van der Waals surface area (Å²) in [5.41, 5.74) is 5.51.